The molecule has 0 aliphatic carbocycles. The summed E-state index contributed by atoms with van der Waals surface area (Å²) in [7, 11) is 1.52. The molecule has 5 nitrogen and oxygen atoms in total. The Bertz CT molecular complexity index is 335. The zero-order chi connectivity index (χ0) is 9.68. The van der Waals surface area contributed by atoms with Crippen LogP contribution in [0, 0.1) is 0 Å². The molecule has 0 aliphatic heterocycles. The molecule has 13 heavy (non-hydrogen) atoms. The van der Waals surface area contributed by atoms with E-state index in [4.69, 9.17) is 15.9 Å². The van der Waals surface area contributed by atoms with Gasteiger partial charge in [0.05, 0.1) is 25.1 Å². The molecular weight excluding hydrogens is 168 g/mol. The second-order valence-corrected chi connectivity index (χ2v) is 2.24. The number of hydrogen-bond acceptors (Lipinski definition) is 4. The molecule has 0 amide bonds. The Kier molecular flexibility index (Phi) is 2.97. The van der Waals surface area contributed by atoms with Gasteiger partial charge in [0.25, 0.3) is 0 Å². The van der Waals surface area contributed by atoms with Crippen LogP contribution in [-0.2, 0) is 0 Å². The molecule has 0 unspecified atom stereocenters. The van der Waals surface area contributed by atoms with Crippen LogP contribution in [0.25, 0.3) is 5.57 Å². The Morgan fingerprint density at radius 3 is 2.92 bits per heavy atom. The Morgan fingerprint density at radius 2 is 2.38 bits per heavy atom. The van der Waals surface area contributed by atoms with Crippen molar-refractivity contribution in [2.24, 2.45) is 5.73 Å². The van der Waals surface area contributed by atoms with E-state index < -0.39 is 0 Å². The maximum Gasteiger partial charge on any atom is 0.232 e. The molecule has 5 heteroatoms. The molecule has 0 aliphatic rings. The van der Waals surface area contributed by atoms with Crippen LogP contribution in [0.4, 0.5) is 0 Å². The van der Waals surface area contributed by atoms with Crippen molar-refractivity contribution in [3.05, 3.63) is 24.3 Å². The van der Waals surface area contributed by atoms with Crippen molar-refractivity contribution in [3.63, 3.8) is 0 Å². The molecule has 0 atom stereocenters. The zero-order valence-corrected chi connectivity index (χ0v) is 7.27. The van der Waals surface area contributed by atoms with E-state index >= 15 is 0 Å². The second-order valence-electron chi connectivity index (χ2n) is 2.24. The van der Waals surface area contributed by atoms with E-state index in [2.05, 4.69) is 9.97 Å². The van der Waals surface area contributed by atoms with Crippen LogP contribution in [0.1, 0.15) is 5.69 Å². The molecule has 0 saturated carbocycles. The number of nitrogens with zero attached hydrogens (tertiary/aromatic N) is 2. The monoisotopic (exact) mass is 179 g/mol. The van der Waals surface area contributed by atoms with Gasteiger partial charge in [0.15, 0.2) is 6.21 Å². The predicted octanol–water partition coefficient (Wildman–Crippen LogP) is -1.39. The summed E-state index contributed by atoms with van der Waals surface area (Å²) in [6.07, 6.45) is 5.80. The average molecular weight is 179 g/mol. The number of allylic oxidation sites excluding steroid dienone is 1. The lowest BCUT2D eigenvalue weighted by molar-refractivity contribution is -0.103. The molecule has 1 aromatic heterocycles. The highest BCUT2D eigenvalue weighted by atomic mass is 16.5. The highest BCUT2D eigenvalue weighted by molar-refractivity contribution is 6.05. The maximum absolute atomic E-state index is 5.32. The van der Waals surface area contributed by atoms with Gasteiger partial charge in [-0.15, -0.1) is 0 Å². The molecule has 1 aromatic rings. The first-order valence-corrected chi connectivity index (χ1v) is 3.65. The summed E-state index contributed by atoms with van der Waals surface area (Å²) < 4.78 is 4.90. The molecule has 1 heterocycles. The molecule has 0 radical (unpaired) electrons. The van der Waals surface area contributed by atoms with Crippen LogP contribution in [-0.4, -0.2) is 23.3 Å². The number of rotatable bonds is 3. The van der Waals surface area contributed by atoms with Gasteiger partial charge < -0.3 is 10.5 Å². The smallest absolute Gasteiger partial charge is 0.232 e. The van der Waals surface area contributed by atoms with Gasteiger partial charge in [-0.05, 0) is 0 Å². The van der Waals surface area contributed by atoms with E-state index in [1.165, 1.54) is 25.7 Å². The van der Waals surface area contributed by atoms with Crippen LogP contribution >= 0.6 is 0 Å². The lowest BCUT2D eigenvalue weighted by atomic mass is 10.2. The van der Waals surface area contributed by atoms with Crippen molar-refractivity contribution in [2.45, 2.75) is 0 Å². The molecule has 0 bridgehead atoms. The fourth-order valence-corrected chi connectivity index (χ4v) is 0.812. The highest BCUT2D eigenvalue weighted by Gasteiger charge is 2.03. The van der Waals surface area contributed by atoms with Gasteiger partial charge in [-0.3, -0.25) is 10.4 Å². The van der Waals surface area contributed by atoms with Gasteiger partial charge in [-0.2, -0.15) is 0 Å². The quantitative estimate of drug-likeness (QED) is 0.559. The van der Waals surface area contributed by atoms with E-state index in [1.54, 1.807) is 6.20 Å². The van der Waals surface area contributed by atoms with Crippen molar-refractivity contribution in [1.29, 1.82) is 0 Å². The summed E-state index contributed by atoms with van der Waals surface area (Å²) in [5.74, 6) is 0.429. The minimum absolute atomic E-state index is 0.429. The van der Waals surface area contributed by atoms with Gasteiger partial charge in [-0.25, -0.2) is 4.98 Å². The number of hydrogen-bond donors (Lipinski definition) is 2. The summed E-state index contributed by atoms with van der Waals surface area (Å²) in [5.41, 5.74) is 6.53. The molecule has 1 rings (SSSR count). The van der Waals surface area contributed by atoms with E-state index in [0.717, 1.165) is 0 Å². The van der Waals surface area contributed by atoms with Crippen LogP contribution in [0.15, 0.2) is 18.6 Å². The molecule has 0 saturated heterocycles. The summed E-state index contributed by atoms with van der Waals surface area (Å²) in [4.78, 5) is 8.00. The standard InChI is InChI=1S/C8H10N4O/c1-13-8-5-11-4-7(12-8)6(2-9)3-10/h2-5,9H,10H2,1H3/p+1/b6-3+,9-2?. The normalized spacial score (nSPS) is 11.0. The Balaban J connectivity index is 3.07. The zero-order valence-electron chi connectivity index (χ0n) is 7.27. The maximum atomic E-state index is 5.32. The third-order valence-electron chi connectivity index (χ3n) is 1.48. The Morgan fingerprint density at radius 1 is 1.62 bits per heavy atom. The molecular formula is C8H11N4O+. The number of nitrogens with two attached hydrogens (primary N) is 2. The molecule has 0 aromatic carbocycles. The van der Waals surface area contributed by atoms with E-state index in [-0.39, 0.29) is 0 Å². The van der Waals surface area contributed by atoms with Gasteiger partial charge >= 0.3 is 0 Å². The van der Waals surface area contributed by atoms with E-state index in [0.29, 0.717) is 17.1 Å². The summed E-state index contributed by atoms with van der Waals surface area (Å²) in [5, 5.41) is 5.32. The predicted molar refractivity (Wildman–Crippen MR) is 48.7 cm³/mol. The fourth-order valence-electron chi connectivity index (χ4n) is 0.812. The average Bonchev–Trinajstić information content (AvgIpc) is 2.20. The molecule has 0 fully saturated rings. The van der Waals surface area contributed by atoms with Crippen LogP contribution in [0.3, 0.4) is 0 Å². The lowest BCUT2D eigenvalue weighted by Gasteiger charge is -2.00. The SMILES string of the molecule is COc1cncc(/C(C=[NH2+])=C/N)n1. The van der Waals surface area contributed by atoms with Gasteiger partial charge in [0.1, 0.15) is 5.69 Å². The molecule has 0 spiro atoms. The third kappa shape index (κ3) is 2.02. The third-order valence-corrected chi connectivity index (χ3v) is 1.48. The second kappa shape index (κ2) is 4.20. The van der Waals surface area contributed by atoms with Crippen molar-refractivity contribution < 1.29 is 10.1 Å². The van der Waals surface area contributed by atoms with Crippen molar-refractivity contribution in [1.82, 2.24) is 9.97 Å². The molecule has 68 valence electrons. The van der Waals surface area contributed by atoms with Crippen molar-refractivity contribution >= 4 is 11.8 Å². The number of aromatic nitrogens is 2. The van der Waals surface area contributed by atoms with Crippen molar-refractivity contribution in [3.8, 4) is 5.88 Å². The van der Waals surface area contributed by atoms with E-state index in [1.807, 2.05) is 0 Å². The van der Waals surface area contributed by atoms with Crippen LogP contribution in [0.2, 0.25) is 0 Å². The summed E-state index contributed by atoms with van der Waals surface area (Å²) in [6, 6.07) is 0. The first kappa shape index (κ1) is 9.18. The van der Waals surface area contributed by atoms with Gasteiger partial charge in [0.2, 0.25) is 5.88 Å². The Hall–Kier alpha value is -1.91. The van der Waals surface area contributed by atoms with Crippen molar-refractivity contribution in [2.75, 3.05) is 7.11 Å². The lowest BCUT2D eigenvalue weighted by Crippen LogP contribution is -2.30. The summed E-state index contributed by atoms with van der Waals surface area (Å²) >= 11 is 0. The van der Waals surface area contributed by atoms with Gasteiger partial charge in [0, 0.05) is 6.20 Å². The van der Waals surface area contributed by atoms with Gasteiger partial charge in [-0.1, -0.05) is 0 Å². The molecule has 4 N–H and O–H groups in total. The van der Waals surface area contributed by atoms with Crippen LogP contribution in [0.5, 0.6) is 5.88 Å². The van der Waals surface area contributed by atoms with E-state index in [9.17, 15) is 0 Å². The fraction of sp³-hybridized carbons (Fsp3) is 0.125. The topological polar surface area (TPSA) is 86.6 Å². The largest absolute Gasteiger partial charge is 0.480 e. The minimum Gasteiger partial charge on any atom is -0.480 e. The first-order chi connectivity index (χ1) is 6.31. The van der Waals surface area contributed by atoms with Crippen LogP contribution < -0.4 is 15.9 Å². The number of methoxy groups -OCH3 is 1. The minimum atomic E-state index is 0.429. The summed E-state index contributed by atoms with van der Waals surface area (Å²) in [6.45, 7) is 0. The first-order valence-electron chi connectivity index (χ1n) is 3.65. The number of ether oxygens (including phenoxy) is 1. The highest BCUT2D eigenvalue weighted by Crippen LogP contribution is 2.09. The Labute approximate surface area is 75.8 Å².